The van der Waals surface area contributed by atoms with Crippen molar-refractivity contribution in [1.29, 1.82) is 0 Å². The molecule has 2 N–H and O–H groups in total. The number of ether oxygens (including phenoxy) is 1. The summed E-state index contributed by atoms with van der Waals surface area (Å²) in [5.41, 5.74) is 5.92. The summed E-state index contributed by atoms with van der Waals surface area (Å²) in [6.45, 7) is 7.64. The molecule has 2 aromatic rings. The normalized spacial score (nSPS) is 12.0. The maximum Gasteiger partial charge on any atom is 0.120 e. The van der Waals surface area contributed by atoms with Crippen molar-refractivity contribution in [3.63, 3.8) is 0 Å². The van der Waals surface area contributed by atoms with Gasteiger partial charge in [0.25, 0.3) is 0 Å². The standard InChI is InChI=1S/C18H26N2O/c1-18(2,13-19)14-20(3)10-11-21-17-9-8-15-6-4-5-7-16(15)12-17/h4-9,12H,10-11,13-14,19H2,1-3H3. The Morgan fingerprint density at radius 1 is 1.10 bits per heavy atom. The minimum absolute atomic E-state index is 0.150. The smallest absolute Gasteiger partial charge is 0.120 e. The fraction of sp³-hybridized carbons (Fsp3) is 0.444. The van der Waals surface area contributed by atoms with Crippen LogP contribution in [0.4, 0.5) is 0 Å². The molecule has 2 aromatic carbocycles. The van der Waals surface area contributed by atoms with E-state index in [1.54, 1.807) is 0 Å². The molecule has 0 amide bonds. The third kappa shape index (κ3) is 4.73. The summed E-state index contributed by atoms with van der Waals surface area (Å²) < 4.78 is 5.86. The Hall–Kier alpha value is -1.58. The van der Waals surface area contributed by atoms with E-state index in [0.29, 0.717) is 13.2 Å². The lowest BCUT2D eigenvalue weighted by atomic mass is 9.93. The number of nitrogens with zero attached hydrogens (tertiary/aromatic N) is 1. The molecule has 114 valence electrons. The topological polar surface area (TPSA) is 38.5 Å². The van der Waals surface area contributed by atoms with Crippen LogP contribution < -0.4 is 10.5 Å². The van der Waals surface area contributed by atoms with Gasteiger partial charge in [-0.2, -0.15) is 0 Å². The van der Waals surface area contributed by atoms with Crippen molar-refractivity contribution in [2.24, 2.45) is 11.1 Å². The molecule has 0 fully saturated rings. The van der Waals surface area contributed by atoms with Crippen LogP contribution in [0.2, 0.25) is 0 Å². The Kier molecular flexibility index (Phi) is 5.21. The van der Waals surface area contributed by atoms with E-state index in [0.717, 1.165) is 18.8 Å². The van der Waals surface area contributed by atoms with Gasteiger partial charge < -0.3 is 15.4 Å². The van der Waals surface area contributed by atoms with Gasteiger partial charge in [-0.25, -0.2) is 0 Å². The van der Waals surface area contributed by atoms with Crippen molar-refractivity contribution in [3.8, 4) is 5.75 Å². The van der Waals surface area contributed by atoms with E-state index in [1.807, 2.05) is 6.07 Å². The van der Waals surface area contributed by atoms with Crippen LogP contribution in [0.3, 0.4) is 0 Å². The fourth-order valence-corrected chi connectivity index (χ4v) is 2.45. The van der Waals surface area contributed by atoms with Gasteiger partial charge >= 0.3 is 0 Å². The van der Waals surface area contributed by atoms with E-state index >= 15 is 0 Å². The predicted molar refractivity (Wildman–Crippen MR) is 89.8 cm³/mol. The molecule has 0 atom stereocenters. The van der Waals surface area contributed by atoms with Crippen LogP contribution in [0.5, 0.6) is 5.75 Å². The minimum atomic E-state index is 0.150. The molecule has 0 unspecified atom stereocenters. The van der Waals surface area contributed by atoms with Crippen LogP contribution in [0.15, 0.2) is 42.5 Å². The number of hydrogen-bond acceptors (Lipinski definition) is 3. The summed E-state index contributed by atoms with van der Waals surface area (Å²) in [5.74, 6) is 0.931. The third-order valence-corrected chi connectivity index (χ3v) is 3.71. The SMILES string of the molecule is CN(CCOc1ccc2ccccc2c1)CC(C)(C)CN. The van der Waals surface area contributed by atoms with Crippen LogP contribution in [0, 0.1) is 5.41 Å². The lowest BCUT2D eigenvalue weighted by Gasteiger charge is -2.28. The van der Waals surface area contributed by atoms with Gasteiger partial charge in [-0.15, -0.1) is 0 Å². The van der Waals surface area contributed by atoms with Gasteiger partial charge in [0.1, 0.15) is 12.4 Å². The van der Waals surface area contributed by atoms with Gasteiger partial charge in [0.05, 0.1) is 0 Å². The first kappa shape index (κ1) is 15.8. The average Bonchev–Trinajstić information content (AvgIpc) is 2.46. The average molecular weight is 286 g/mol. The van der Waals surface area contributed by atoms with Gasteiger partial charge in [0.15, 0.2) is 0 Å². The summed E-state index contributed by atoms with van der Waals surface area (Å²) in [7, 11) is 2.11. The van der Waals surface area contributed by atoms with Crippen molar-refractivity contribution in [2.45, 2.75) is 13.8 Å². The molecule has 0 aliphatic rings. The highest BCUT2D eigenvalue weighted by atomic mass is 16.5. The molecular weight excluding hydrogens is 260 g/mol. The Labute approximate surface area is 127 Å². The molecule has 0 aromatic heterocycles. The zero-order valence-electron chi connectivity index (χ0n) is 13.3. The van der Waals surface area contributed by atoms with Crippen LogP contribution >= 0.6 is 0 Å². The predicted octanol–water partition coefficient (Wildman–Crippen LogP) is 3.14. The van der Waals surface area contributed by atoms with Gasteiger partial charge in [0, 0.05) is 13.1 Å². The molecular formula is C18H26N2O. The summed E-state index contributed by atoms with van der Waals surface area (Å²) in [4.78, 5) is 2.27. The number of likely N-dealkylation sites (N-methyl/N-ethyl adjacent to an activating group) is 1. The van der Waals surface area contributed by atoms with E-state index in [1.165, 1.54) is 10.8 Å². The van der Waals surface area contributed by atoms with Gasteiger partial charge in [-0.1, -0.05) is 44.2 Å². The second-order valence-electron chi connectivity index (χ2n) is 6.46. The highest BCUT2D eigenvalue weighted by Crippen LogP contribution is 2.20. The zero-order valence-corrected chi connectivity index (χ0v) is 13.3. The Morgan fingerprint density at radius 2 is 1.81 bits per heavy atom. The maximum atomic E-state index is 5.86. The van der Waals surface area contributed by atoms with Crippen LogP contribution in [0.25, 0.3) is 10.8 Å². The number of fused-ring (bicyclic) bond motifs is 1. The number of rotatable bonds is 7. The van der Waals surface area contributed by atoms with E-state index in [2.05, 4.69) is 62.2 Å². The third-order valence-electron chi connectivity index (χ3n) is 3.71. The molecule has 0 bridgehead atoms. The van der Waals surface area contributed by atoms with E-state index in [4.69, 9.17) is 10.5 Å². The van der Waals surface area contributed by atoms with E-state index in [9.17, 15) is 0 Å². The second kappa shape index (κ2) is 6.92. The quantitative estimate of drug-likeness (QED) is 0.850. The van der Waals surface area contributed by atoms with Crippen LogP contribution in [-0.2, 0) is 0 Å². The summed E-state index contributed by atoms with van der Waals surface area (Å²) in [5, 5.41) is 2.46. The molecule has 2 rings (SSSR count). The first-order valence-corrected chi connectivity index (χ1v) is 7.50. The molecule has 3 nitrogen and oxygen atoms in total. The lowest BCUT2D eigenvalue weighted by Crippen LogP contribution is -2.38. The van der Waals surface area contributed by atoms with Crippen molar-refractivity contribution in [3.05, 3.63) is 42.5 Å². The van der Waals surface area contributed by atoms with Crippen molar-refractivity contribution in [1.82, 2.24) is 4.90 Å². The zero-order chi connectivity index (χ0) is 15.3. The molecule has 21 heavy (non-hydrogen) atoms. The second-order valence-corrected chi connectivity index (χ2v) is 6.46. The highest BCUT2D eigenvalue weighted by Gasteiger charge is 2.17. The van der Waals surface area contributed by atoms with Crippen molar-refractivity contribution >= 4 is 10.8 Å². The number of hydrogen-bond donors (Lipinski definition) is 1. The summed E-state index contributed by atoms with van der Waals surface area (Å²) >= 11 is 0. The first-order valence-electron chi connectivity index (χ1n) is 7.50. The van der Waals surface area contributed by atoms with E-state index < -0.39 is 0 Å². The molecule has 0 heterocycles. The minimum Gasteiger partial charge on any atom is -0.492 e. The van der Waals surface area contributed by atoms with Crippen LogP contribution in [0.1, 0.15) is 13.8 Å². The van der Waals surface area contributed by atoms with E-state index in [-0.39, 0.29) is 5.41 Å². The van der Waals surface area contributed by atoms with Crippen molar-refractivity contribution < 1.29 is 4.74 Å². The van der Waals surface area contributed by atoms with Crippen molar-refractivity contribution in [2.75, 3.05) is 33.3 Å². The first-order chi connectivity index (χ1) is 10.00. The van der Waals surface area contributed by atoms with Crippen LogP contribution in [-0.4, -0.2) is 38.2 Å². The molecule has 0 spiro atoms. The van der Waals surface area contributed by atoms with Gasteiger partial charge in [-0.05, 0) is 41.9 Å². The number of benzene rings is 2. The Morgan fingerprint density at radius 3 is 2.52 bits per heavy atom. The maximum absolute atomic E-state index is 5.86. The number of nitrogens with two attached hydrogens (primary N) is 1. The Bertz CT molecular complexity index is 580. The van der Waals surface area contributed by atoms with Gasteiger partial charge in [-0.3, -0.25) is 0 Å². The largest absolute Gasteiger partial charge is 0.492 e. The molecule has 0 aliphatic carbocycles. The molecule has 0 aliphatic heterocycles. The van der Waals surface area contributed by atoms with Gasteiger partial charge in [0.2, 0.25) is 0 Å². The summed E-state index contributed by atoms with van der Waals surface area (Å²) in [6, 6.07) is 14.6. The molecule has 0 radical (unpaired) electrons. The monoisotopic (exact) mass is 286 g/mol. The molecule has 3 heteroatoms. The summed E-state index contributed by atoms with van der Waals surface area (Å²) in [6.07, 6.45) is 0. The fourth-order valence-electron chi connectivity index (χ4n) is 2.45. The molecule has 0 saturated carbocycles. The lowest BCUT2D eigenvalue weighted by molar-refractivity contribution is 0.182. The highest BCUT2D eigenvalue weighted by molar-refractivity contribution is 5.83. The molecule has 0 saturated heterocycles. The Balaban J connectivity index is 1.84.